The average molecular weight is 348 g/mol. The van der Waals surface area contributed by atoms with Gasteiger partial charge in [0.05, 0.1) is 16.8 Å². The van der Waals surface area contributed by atoms with Gasteiger partial charge in [0.2, 0.25) is 0 Å². The minimum absolute atomic E-state index is 0.0854. The van der Waals surface area contributed by atoms with E-state index in [0.29, 0.717) is 10.6 Å². The molecule has 0 aliphatic rings. The van der Waals surface area contributed by atoms with E-state index in [2.05, 4.69) is 10.3 Å². The van der Waals surface area contributed by atoms with Gasteiger partial charge in [0.25, 0.3) is 5.91 Å². The molecule has 1 amide bonds. The molecule has 0 atom stereocenters. The van der Waals surface area contributed by atoms with Crippen LogP contribution in [0.25, 0.3) is 11.3 Å². The number of alkyl halides is 3. The zero-order chi connectivity index (χ0) is 17.2. The van der Waals surface area contributed by atoms with Crippen LogP contribution in [0.3, 0.4) is 0 Å². The van der Waals surface area contributed by atoms with Crippen LogP contribution in [0, 0.1) is 0 Å². The van der Waals surface area contributed by atoms with Gasteiger partial charge in [0.1, 0.15) is 4.88 Å². The van der Waals surface area contributed by atoms with Crippen molar-refractivity contribution in [2.24, 2.45) is 0 Å². The minimum Gasteiger partial charge on any atom is -0.321 e. The second-order valence-electron chi connectivity index (χ2n) is 4.93. The number of anilines is 1. The lowest BCUT2D eigenvalue weighted by molar-refractivity contribution is -0.137. The van der Waals surface area contributed by atoms with Crippen LogP contribution in [0.2, 0.25) is 0 Å². The topological polar surface area (TPSA) is 42.0 Å². The Balaban J connectivity index is 1.86. The SMILES string of the molecule is O=C(Nc1cccc(C(F)(F)F)c1)c1scnc1-c1ccccc1. The summed E-state index contributed by atoms with van der Waals surface area (Å²) < 4.78 is 38.2. The second kappa shape index (κ2) is 6.45. The van der Waals surface area contributed by atoms with Gasteiger partial charge in [0, 0.05) is 11.3 Å². The van der Waals surface area contributed by atoms with E-state index in [1.165, 1.54) is 17.6 Å². The molecule has 1 aromatic heterocycles. The number of nitrogens with one attached hydrogen (secondary N) is 1. The smallest absolute Gasteiger partial charge is 0.321 e. The van der Waals surface area contributed by atoms with Crippen molar-refractivity contribution in [3.8, 4) is 11.3 Å². The van der Waals surface area contributed by atoms with Crippen LogP contribution in [0.5, 0.6) is 0 Å². The maximum atomic E-state index is 12.7. The Kier molecular flexibility index (Phi) is 4.35. The predicted molar refractivity (Wildman–Crippen MR) is 86.9 cm³/mol. The zero-order valence-corrected chi connectivity index (χ0v) is 13.0. The number of hydrogen-bond donors (Lipinski definition) is 1. The number of halogens is 3. The molecule has 1 N–H and O–H groups in total. The van der Waals surface area contributed by atoms with E-state index in [1.807, 2.05) is 30.3 Å². The summed E-state index contributed by atoms with van der Waals surface area (Å²) in [7, 11) is 0. The van der Waals surface area contributed by atoms with Gasteiger partial charge < -0.3 is 5.32 Å². The van der Waals surface area contributed by atoms with Gasteiger partial charge in [-0.05, 0) is 18.2 Å². The van der Waals surface area contributed by atoms with E-state index in [1.54, 1.807) is 0 Å². The number of amides is 1. The summed E-state index contributed by atoms with van der Waals surface area (Å²) in [5, 5.41) is 2.50. The quantitative estimate of drug-likeness (QED) is 0.717. The Morgan fingerprint density at radius 3 is 2.50 bits per heavy atom. The Hall–Kier alpha value is -2.67. The van der Waals surface area contributed by atoms with Crippen LogP contribution in [-0.2, 0) is 6.18 Å². The summed E-state index contributed by atoms with van der Waals surface area (Å²) in [4.78, 5) is 16.9. The fraction of sp³-hybridized carbons (Fsp3) is 0.0588. The van der Waals surface area contributed by atoms with Crippen molar-refractivity contribution in [3.63, 3.8) is 0 Å². The van der Waals surface area contributed by atoms with Crippen molar-refractivity contribution in [3.05, 3.63) is 70.5 Å². The summed E-state index contributed by atoms with van der Waals surface area (Å²) in [6, 6.07) is 13.6. The van der Waals surface area contributed by atoms with E-state index in [-0.39, 0.29) is 5.69 Å². The van der Waals surface area contributed by atoms with Gasteiger partial charge in [-0.15, -0.1) is 11.3 Å². The monoisotopic (exact) mass is 348 g/mol. The lowest BCUT2D eigenvalue weighted by Gasteiger charge is -2.10. The number of rotatable bonds is 3. The normalized spacial score (nSPS) is 11.3. The molecular weight excluding hydrogens is 337 g/mol. The van der Waals surface area contributed by atoms with Crippen molar-refractivity contribution in [1.29, 1.82) is 0 Å². The zero-order valence-electron chi connectivity index (χ0n) is 12.2. The number of hydrogen-bond acceptors (Lipinski definition) is 3. The number of carbonyl (C=O) groups excluding carboxylic acids is 1. The fourth-order valence-corrected chi connectivity index (χ4v) is 2.87. The molecule has 24 heavy (non-hydrogen) atoms. The highest BCUT2D eigenvalue weighted by Gasteiger charge is 2.30. The third-order valence-corrected chi connectivity index (χ3v) is 4.09. The fourth-order valence-electron chi connectivity index (χ4n) is 2.17. The highest BCUT2D eigenvalue weighted by atomic mass is 32.1. The summed E-state index contributed by atoms with van der Waals surface area (Å²) in [6.45, 7) is 0. The van der Waals surface area contributed by atoms with E-state index < -0.39 is 17.6 Å². The number of nitrogens with zero attached hydrogens (tertiary/aromatic N) is 1. The highest BCUT2D eigenvalue weighted by Crippen LogP contribution is 2.31. The van der Waals surface area contributed by atoms with E-state index in [4.69, 9.17) is 0 Å². The summed E-state index contributed by atoms with van der Waals surface area (Å²) >= 11 is 1.14. The largest absolute Gasteiger partial charge is 0.416 e. The Morgan fingerprint density at radius 2 is 1.79 bits per heavy atom. The predicted octanol–water partition coefficient (Wildman–Crippen LogP) is 5.08. The van der Waals surface area contributed by atoms with Crippen LogP contribution in [0.1, 0.15) is 15.2 Å². The number of benzene rings is 2. The summed E-state index contributed by atoms with van der Waals surface area (Å²) in [6.07, 6.45) is -4.46. The number of carbonyl (C=O) groups is 1. The molecule has 2 aromatic carbocycles. The second-order valence-corrected chi connectivity index (χ2v) is 5.78. The Morgan fingerprint density at radius 1 is 1.04 bits per heavy atom. The molecule has 1 heterocycles. The first-order chi connectivity index (χ1) is 11.4. The molecule has 0 aliphatic heterocycles. The van der Waals surface area contributed by atoms with Gasteiger partial charge in [-0.2, -0.15) is 13.2 Å². The highest BCUT2D eigenvalue weighted by molar-refractivity contribution is 7.12. The van der Waals surface area contributed by atoms with Crippen LogP contribution in [-0.4, -0.2) is 10.9 Å². The third kappa shape index (κ3) is 3.46. The van der Waals surface area contributed by atoms with Crippen molar-refractivity contribution in [2.75, 3.05) is 5.32 Å². The molecule has 122 valence electrons. The molecule has 0 fully saturated rings. The van der Waals surface area contributed by atoms with Crippen molar-refractivity contribution < 1.29 is 18.0 Å². The number of thiazole rings is 1. The standard InChI is InChI=1S/C17H11F3N2OS/c18-17(19,20)12-7-4-8-13(9-12)22-16(23)15-14(21-10-24-15)11-5-2-1-3-6-11/h1-10H,(H,22,23). The molecule has 3 nitrogen and oxygen atoms in total. The molecule has 0 unspecified atom stereocenters. The molecule has 0 bridgehead atoms. The molecule has 0 saturated carbocycles. The maximum absolute atomic E-state index is 12.7. The first kappa shape index (κ1) is 16.2. The third-order valence-electron chi connectivity index (χ3n) is 3.27. The summed E-state index contributed by atoms with van der Waals surface area (Å²) in [5.74, 6) is -0.490. The molecule has 7 heteroatoms. The van der Waals surface area contributed by atoms with Gasteiger partial charge in [-0.25, -0.2) is 4.98 Å². The van der Waals surface area contributed by atoms with Gasteiger partial charge in [0.15, 0.2) is 0 Å². The molecule has 0 saturated heterocycles. The number of aromatic nitrogens is 1. The van der Waals surface area contributed by atoms with Gasteiger partial charge >= 0.3 is 6.18 Å². The van der Waals surface area contributed by atoms with E-state index in [9.17, 15) is 18.0 Å². The van der Waals surface area contributed by atoms with E-state index >= 15 is 0 Å². The first-order valence-corrected chi connectivity index (χ1v) is 7.80. The molecule has 0 spiro atoms. The van der Waals surface area contributed by atoms with Gasteiger partial charge in [-0.1, -0.05) is 36.4 Å². The Labute approximate surface area is 139 Å². The minimum atomic E-state index is -4.46. The summed E-state index contributed by atoms with van der Waals surface area (Å²) in [5.41, 5.74) is 2.08. The molecule has 3 aromatic rings. The van der Waals surface area contributed by atoms with Crippen LogP contribution in [0.4, 0.5) is 18.9 Å². The first-order valence-electron chi connectivity index (χ1n) is 6.92. The van der Waals surface area contributed by atoms with Crippen LogP contribution < -0.4 is 5.32 Å². The average Bonchev–Trinajstić information content (AvgIpc) is 3.05. The Bertz CT molecular complexity index is 860. The van der Waals surface area contributed by atoms with Crippen molar-refractivity contribution in [2.45, 2.75) is 6.18 Å². The molecule has 0 radical (unpaired) electrons. The van der Waals surface area contributed by atoms with Crippen molar-refractivity contribution >= 4 is 22.9 Å². The van der Waals surface area contributed by atoms with E-state index in [0.717, 1.165) is 29.0 Å². The van der Waals surface area contributed by atoms with Gasteiger partial charge in [-0.3, -0.25) is 4.79 Å². The lowest BCUT2D eigenvalue weighted by Crippen LogP contribution is -2.13. The van der Waals surface area contributed by atoms with Crippen LogP contribution >= 0.6 is 11.3 Å². The van der Waals surface area contributed by atoms with Crippen LogP contribution in [0.15, 0.2) is 60.1 Å². The lowest BCUT2D eigenvalue weighted by atomic mass is 10.1. The molecule has 3 rings (SSSR count). The maximum Gasteiger partial charge on any atom is 0.416 e. The van der Waals surface area contributed by atoms with Crippen molar-refractivity contribution in [1.82, 2.24) is 4.98 Å². The molecule has 0 aliphatic carbocycles. The molecular formula is C17H11F3N2OS.